The van der Waals surface area contributed by atoms with Gasteiger partial charge in [-0.05, 0) is 18.6 Å². The second kappa shape index (κ2) is 4.12. The van der Waals surface area contributed by atoms with Gasteiger partial charge in [0.15, 0.2) is 0 Å². The number of pyridine rings is 1. The summed E-state index contributed by atoms with van der Waals surface area (Å²) in [6.45, 7) is 2.03. The van der Waals surface area contributed by atoms with Crippen LogP contribution in [0.3, 0.4) is 0 Å². The average molecular weight is 160 g/mol. The average Bonchev–Trinajstić information content (AvgIpc) is 1.90. The molecule has 3 heteroatoms. The Morgan fingerprint density at radius 1 is 1.50 bits per heavy atom. The summed E-state index contributed by atoms with van der Waals surface area (Å²) in [5.41, 5.74) is 1.01. The Morgan fingerprint density at radius 3 is 2.60 bits per heavy atom. The third kappa shape index (κ3) is 2.23. The van der Waals surface area contributed by atoms with Gasteiger partial charge in [-0.25, -0.2) is 0 Å². The highest BCUT2D eigenvalue weighted by Gasteiger charge is 1.88. The van der Waals surface area contributed by atoms with Crippen molar-refractivity contribution in [1.82, 2.24) is 4.98 Å². The van der Waals surface area contributed by atoms with Crippen LogP contribution in [0, 0.1) is 0 Å². The lowest BCUT2D eigenvalue weighted by Gasteiger charge is -1.92. The Bertz CT molecular complexity index is 185. The zero-order valence-electron chi connectivity index (χ0n) is 5.74. The van der Waals surface area contributed by atoms with Crippen molar-refractivity contribution in [3.05, 3.63) is 24.0 Å². The monoisotopic (exact) mass is 159 g/mol. The predicted octanol–water partition coefficient (Wildman–Crippen LogP) is 1.77. The molecule has 2 nitrogen and oxygen atoms in total. The van der Waals surface area contributed by atoms with E-state index in [9.17, 15) is 0 Å². The van der Waals surface area contributed by atoms with Gasteiger partial charge in [-0.2, -0.15) is 0 Å². The van der Waals surface area contributed by atoms with E-state index in [1.807, 2.05) is 13.0 Å². The molecule has 0 atom stereocenters. The van der Waals surface area contributed by atoms with Crippen LogP contribution in [0.2, 0.25) is 0 Å². The number of hydrogen-bond donors (Lipinski definition) is 1. The maximum absolute atomic E-state index is 8.79. The Kier molecular flexibility index (Phi) is 3.81. The molecule has 0 aliphatic carbocycles. The van der Waals surface area contributed by atoms with Gasteiger partial charge >= 0.3 is 0 Å². The maximum Gasteiger partial charge on any atom is 0.133 e. The minimum absolute atomic E-state index is 0. The lowest BCUT2D eigenvalue weighted by Crippen LogP contribution is -1.82. The highest BCUT2D eigenvalue weighted by atomic mass is 35.5. The van der Waals surface area contributed by atoms with Crippen molar-refractivity contribution < 1.29 is 5.11 Å². The van der Waals surface area contributed by atoms with Crippen molar-refractivity contribution in [3.8, 4) is 5.75 Å². The maximum atomic E-state index is 8.79. The van der Waals surface area contributed by atoms with Crippen molar-refractivity contribution in [2.75, 3.05) is 0 Å². The molecule has 10 heavy (non-hydrogen) atoms. The SMILES string of the molecule is CCc1ccc(O)cn1.Cl. The van der Waals surface area contributed by atoms with Crippen LogP contribution in [0.1, 0.15) is 12.6 Å². The fourth-order valence-electron chi connectivity index (χ4n) is 0.626. The molecule has 0 fully saturated rings. The first-order valence-electron chi connectivity index (χ1n) is 2.97. The van der Waals surface area contributed by atoms with Crippen LogP contribution in [0.4, 0.5) is 0 Å². The predicted molar refractivity (Wildman–Crippen MR) is 42.5 cm³/mol. The summed E-state index contributed by atoms with van der Waals surface area (Å²) < 4.78 is 0. The standard InChI is InChI=1S/C7H9NO.ClH/c1-2-6-3-4-7(9)5-8-6;/h3-5,9H,2H2,1H3;1H. The van der Waals surface area contributed by atoms with E-state index in [0.29, 0.717) is 0 Å². The van der Waals surface area contributed by atoms with Gasteiger partial charge in [0.05, 0.1) is 6.20 Å². The molecule has 1 aromatic heterocycles. The third-order valence-corrected chi connectivity index (χ3v) is 1.17. The Hall–Kier alpha value is -0.760. The molecule has 56 valence electrons. The summed E-state index contributed by atoms with van der Waals surface area (Å²) in [6, 6.07) is 3.46. The van der Waals surface area contributed by atoms with E-state index in [-0.39, 0.29) is 18.2 Å². The zero-order chi connectivity index (χ0) is 6.69. The summed E-state index contributed by atoms with van der Waals surface area (Å²) in [4.78, 5) is 3.95. The molecule has 0 spiro atoms. The van der Waals surface area contributed by atoms with E-state index < -0.39 is 0 Å². The highest BCUT2D eigenvalue weighted by molar-refractivity contribution is 5.85. The highest BCUT2D eigenvalue weighted by Crippen LogP contribution is 2.05. The second-order valence-electron chi connectivity index (χ2n) is 1.86. The number of aromatic nitrogens is 1. The van der Waals surface area contributed by atoms with Crippen LogP contribution in [-0.2, 0) is 6.42 Å². The number of aromatic hydroxyl groups is 1. The third-order valence-electron chi connectivity index (χ3n) is 1.17. The fourth-order valence-corrected chi connectivity index (χ4v) is 0.626. The summed E-state index contributed by atoms with van der Waals surface area (Å²) in [5.74, 6) is 0.229. The molecule has 0 unspecified atom stereocenters. The van der Waals surface area contributed by atoms with Gasteiger partial charge in [0.2, 0.25) is 0 Å². The number of halogens is 1. The van der Waals surface area contributed by atoms with E-state index in [1.54, 1.807) is 6.07 Å². The van der Waals surface area contributed by atoms with Gasteiger partial charge in [0.25, 0.3) is 0 Å². The largest absolute Gasteiger partial charge is 0.506 e. The van der Waals surface area contributed by atoms with E-state index in [2.05, 4.69) is 4.98 Å². The van der Waals surface area contributed by atoms with Gasteiger partial charge in [-0.15, -0.1) is 12.4 Å². The van der Waals surface area contributed by atoms with Crippen LogP contribution in [0.5, 0.6) is 5.75 Å². The van der Waals surface area contributed by atoms with Gasteiger partial charge in [-0.1, -0.05) is 6.92 Å². The van der Waals surface area contributed by atoms with Gasteiger partial charge in [0.1, 0.15) is 5.75 Å². The van der Waals surface area contributed by atoms with Crippen LogP contribution < -0.4 is 0 Å². The Labute approximate surface area is 66.3 Å². The first kappa shape index (κ1) is 9.24. The normalized spacial score (nSPS) is 8.50. The zero-order valence-corrected chi connectivity index (χ0v) is 6.56. The molecular weight excluding hydrogens is 150 g/mol. The van der Waals surface area contributed by atoms with Crippen LogP contribution in [0.25, 0.3) is 0 Å². The van der Waals surface area contributed by atoms with E-state index in [1.165, 1.54) is 6.20 Å². The van der Waals surface area contributed by atoms with E-state index >= 15 is 0 Å². The van der Waals surface area contributed by atoms with Gasteiger partial charge in [0, 0.05) is 5.69 Å². The first-order valence-corrected chi connectivity index (χ1v) is 2.97. The molecule has 1 aromatic rings. The minimum Gasteiger partial charge on any atom is -0.506 e. The molecule has 0 saturated carbocycles. The molecular formula is C7H10ClNO. The second-order valence-corrected chi connectivity index (χ2v) is 1.86. The van der Waals surface area contributed by atoms with Crippen molar-refractivity contribution in [2.45, 2.75) is 13.3 Å². The smallest absolute Gasteiger partial charge is 0.133 e. The van der Waals surface area contributed by atoms with Crippen molar-refractivity contribution in [1.29, 1.82) is 0 Å². The Morgan fingerprint density at radius 2 is 2.20 bits per heavy atom. The molecule has 0 radical (unpaired) electrons. The molecule has 0 saturated heterocycles. The molecule has 1 N–H and O–H groups in total. The molecule has 0 aliphatic heterocycles. The molecule has 0 bridgehead atoms. The number of hydrogen-bond acceptors (Lipinski definition) is 2. The minimum atomic E-state index is 0. The van der Waals surface area contributed by atoms with Crippen LogP contribution in [0.15, 0.2) is 18.3 Å². The van der Waals surface area contributed by atoms with Gasteiger partial charge < -0.3 is 5.11 Å². The first-order chi connectivity index (χ1) is 4.33. The summed E-state index contributed by atoms with van der Waals surface area (Å²) in [7, 11) is 0. The lowest BCUT2D eigenvalue weighted by atomic mass is 10.3. The Balaban J connectivity index is 0.000000810. The summed E-state index contributed by atoms with van der Waals surface area (Å²) in [6.07, 6.45) is 2.37. The molecule has 1 rings (SSSR count). The molecule has 0 aromatic carbocycles. The number of nitrogens with zero attached hydrogens (tertiary/aromatic N) is 1. The number of rotatable bonds is 1. The lowest BCUT2D eigenvalue weighted by molar-refractivity contribution is 0.472. The van der Waals surface area contributed by atoms with E-state index in [0.717, 1.165) is 12.1 Å². The number of aryl methyl sites for hydroxylation is 1. The fraction of sp³-hybridized carbons (Fsp3) is 0.286. The van der Waals surface area contributed by atoms with Crippen LogP contribution >= 0.6 is 12.4 Å². The summed E-state index contributed by atoms with van der Waals surface area (Å²) >= 11 is 0. The topological polar surface area (TPSA) is 33.1 Å². The van der Waals surface area contributed by atoms with E-state index in [4.69, 9.17) is 5.11 Å². The van der Waals surface area contributed by atoms with Crippen molar-refractivity contribution >= 4 is 12.4 Å². The van der Waals surface area contributed by atoms with Crippen molar-refractivity contribution in [3.63, 3.8) is 0 Å². The van der Waals surface area contributed by atoms with Gasteiger partial charge in [-0.3, -0.25) is 4.98 Å². The quantitative estimate of drug-likeness (QED) is 0.678. The summed E-state index contributed by atoms with van der Waals surface area (Å²) in [5, 5.41) is 8.79. The molecule has 0 aliphatic rings. The van der Waals surface area contributed by atoms with Crippen LogP contribution in [-0.4, -0.2) is 10.1 Å². The molecule has 0 amide bonds. The molecule has 1 heterocycles. The van der Waals surface area contributed by atoms with Crippen molar-refractivity contribution in [2.24, 2.45) is 0 Å².